The van der Waals surface area contributed by atoms with Crippen LogP contribution in [-0.4, -0.2) is 26.3 Å². The Balaban J connectivity index is 1.67. The normalized spacial score (nSPS) is 14.0. The maximum Gasteiger partial charge on any atom is 0.269 e. The number of halogens is 2. The van der Waals surface area contributed by atoms with E-state index in [-0.39, 0.29) is 11.4 Å². The maximum atomic E-state index is 10.7. The molecule has 3 rings (SSSR count). The second kappa shape index (κ2) is 7.81. The third-order valence-corrected chi connectivity index (χ3v) is 5.04. The van der Waals surface area contributed by atoms with E-state index in [0.717, 1.165) is 11.1 Å². The van der Waals surface area contributed by atoms with Gasteiger partial charge in [-0.1, -0.05) is 47.5 Å². The van der Waals surface area contributed by atoms with E-state index in [2.05, 4.69) is 0 Å². The number of nitrogens with zero attached hydrogens (tertiary/aromatic N) is 4. The fourth-order valence-corrected chi connectivity index (χ4v) is 3.18. The molecule has 0 bridgehead atoms. The molecule has 1 aliphatic rings. The Morgan fingerprint density at radius 1 is 0.741 bits per heavy atom. The molecule has 0 spiro atoms. The van der Waals surface area contributed by atoms with E-state index in [1.807, 2.05) is 9.80 Å². The van der Waals surface area contributed by atoms with E-state index in [0.29, 0.717) is 30.1 Å². The summed E-state index contributed by atoms with van der Waals surface area (Å²) in [7, 11) is 0. The molecule has 0 atom stereocenters. The van der Waals surface area contributed by atoms with Crippen molar-refractivity contribution in [1.82, 2.24) is 9.80 Å². The fourth-order valence-electron chi connectivity index (χ4n) is 2.72. The molecule has 0 radical (unpaired) electrons. The number of rotatable bonds is 6. The van der Waals surface area contributed by atoms with Crippen molar-refractivity contribution >= 4 is 34.6 Å². The van der Waals surface area contributed by atoms with Gasteiger partial charge >= 0.3 is 0 Å². The van der Waals surface area contributed by atoms with E-state index in [4.69, 9.17) is 23.2 Å². The zero-order chi connectivity index (χ0) is 19.6. The second-order valence-corrected chi connectivity index (χ2v) is 6.68. The summed E-state index contributed by atoms with van der Waals surface area (Å²) in [5.74, 6) is 0. The van der Waals surface area contributed by atoms with Gasteiger partial charge in [0.05, 0.1) is 16.5 Å². The Labute approximate surface area is 164 Å². The van der Waals surface area contributed by atoms with Crippen molar-refractivity contribution in [3.8, 4) is 0 Å². The van der Waals surface area contributed by atoms with Crippen LogP contribution in [0.3, 0.4) is 0 Å². The van der Waals surface area contributed by atoms with Crippen molar-refractivity contribution in [3.05, 3.63) is 90.2 Å². The number of non-ortho nitro benzene ring substituents is 2. The van der Waals surface area contributed by atoms with Gasteiger partial charge in [0, 0.05) is 37.4 Å². The summed E-state index contributed by atoms with van der Waals surface area (Å²) in [5, 5.41) is 22.2. The quantitative estimate of drug-likeness (QED) is 0.399. The van der Waals surface area contributed by atoms with Crippen LogP contribution in [0.2, 0.25) is 0 Å². The molecular formula is C17H14Cl2N4O4. The van der Waals surface area contributed by atoms with Crippen molar-refractivity contribution in [2.75, 3.05) is 6.67 Å². The number of hydrogen-bond acceptors (Lipinski definition) is 6. The topological polar surface area (TPSA) is 92.8 Å². The van der Waals surface area contributed by atoms with Gasteiger partial charge in [0.2, 0.25) is 0 Å². The lowest BCUT2D eigenvalue weighted by molar-refractivity contribution is -0.385. The van der Waals surface area contributed by atoms with E-state index >= 15 is 0 Å². The molecule has 0 N–H and O–H groups in total. The SMILES string of the molecule is O=[N+]([O-])c1ccc(CN2CN(Cc3ccc([N+](=O)[O-])cc3)C(Cl)=C2Cl)cc1. The summed E-state index contributed by atoms with van der Waals surface area (Å²) in [6, 6.07) is 12.5. The molecule has 27 heavy (non-hydrogen) atoms. The number of nitro benzene ring substituents is 2. The summed E-state index contributed by atoms with van der Waals surface area (Å²) in [6.07, 6.45) is 0. The summed E-state index contributed by atoms with van der Waals surface area (Å²) in [4.78, 5) is 24.3. The van der Waals surface area contributed by atoms with Gasteiger partial charge in [-0.3, -0.25) is 20.2 Å². The Morgan fingerprint density at radius 2 is 1.07 bits per heavy atom. The van der Waals surface area contributed by atoms with Crippen LogP contribution in [0, 0.1) is 20.2 Å². The van der Waals surface area contributed by atoms with Gasteiger partial charge in [0.1, 0.15) is 10.3 Å². The first-order chi connectivity index (χ1) is 12.8. The van der Waals surface area contributed by atoms with Crippen LogP contribution in [0.4, 0.5) is 11.4 Å². The molecule has 1 aliphatic heterocycles. The lowest BCUT2D eigenvalue weighted by atomic mass is 10.2. The second-order valence-electron chi connectivity index (χ2n) is 5.97. The molecular weight excluding hydrogens is 395 g/mol. The van der Waals surface area contributed by atoms with Crippen molar-refractivity contribution in [2.24, 2.45) is 0 Å². The van der Waals surface area contributed by atoms with E-state index in [1.165, 1.54) is 24.3 Å². The van der Waals surface area contributed by atoms with Gasteiger partial charge in [0.15, 0.2) is 0 Å². The summed E-state index contributed by atoms with van der Waals surface area (Å²) in [6.45, 7) is 1.33. The van der Waals surface area contributed by atoms with Crippen LogP contribution in [0.25, 0.3) is 0 Å². The Hall–Kier alpha value is -2.84. The average Bonchev–Trinajstić information content (AvgIpc) is 2.90. The number of nitro groups is 2. The molecule has 0 saturated heterocycles. The molecule has 1 heterocycles. The van der Waals surface area contributed by atoms with E-state index < -0.39 is 9.85 Å². The first-order valence-corrected chi connectivity index (χ1v) is 8.62. The molecule has 0 aromatic heterocycles. The lowest BCUT2D eigenvalue weighted by Gasteiger charge is -2.22. The molecule has 2 aromatic carbocycles. The standard InChI is InChI=1S/C17H14Cl2N4O4/c18-16-17(19)21(10-13-3-7-15(8-4-13)23(26)27)11-20(16)9-12-1-5-14(6-2-12)22(24)25/h1-8H,9-11H2. The Kier molecular flexibility index (Phi) is 5.48. The molecule has 0 fully saturated rings. The van der Waals surface area contributed by atoms with Gasteiger partial charge in [-0.25, -0.2) is 0 Å². The van der Waals surface area contributed by atoms with Crippen molar-refractivity contribution in [3.63, 3.8) is 0 Å². The molecule has 0 unspecified atom stereocenters. The minimum absolute atomic E-state index is 0.0274. The average molecular weight is 409 g/mol. The Bertz CT molecular complexity index is 827. The molecule has 0 saturated carbocycles. The zero-order valence-electron chi connectivity index (χ0n) is 13.9. The first-order valence-electron chi connectivity index (χ1n) is 7.87. The predicted molar refractivity (Wildman–Crippen MR) is 101 cm³/mol. The minimum atomic E-state index is -0.449. The van der Waals surface area contributed by atoms with Gasteiger partial charge in [-0.05, 0) is 11.1 Å². The van der Waals surface area contributed by atoms with Crippen LogP contribution in [-0.2, 0) is 13.1 Å². The van der Waals surface area contributed by atoms with Crippen molar-refractivity contribution in [1.29, 1.82) is 0 Å². The van der Waals surface area contributed by atoms with Crippen LogP contribution >= 0.6 is 23.2 Å². The maximum absolute atomic E-state index is 10.7. The third kappa shape index (κ3) is 4.29. The summed E-state index contributed by atoms with van der Waals surface area (Å²) < 4.78 is 0. The molecule has 140 valence electrons. The van der Waals surface area contributed by atoms with Gasteiger partial charge in [-0.15, -0.1) is 0 Å². The number of hydrogen-bond donors (Lipinski definition) is 0. The lowest BCUT2D eigenvalue weighted by Crippen LogP contribution is -2.26. The summed E-state index contributed by atoms with van der Waals surface area (Å²) in [5.41, 5.74) is 1.78. The molecule has 2 aromatic rings. The highest BCUT2D eigenvalue weighted by atomic mass is 35.5. The number of benzene rings is 2. The Morgan fingerprint density at radius 3 is 1.37 bits per heavy atom. The first kappa shape index (κ1) is 18.9. The van der Waals surface area contributed by atoms with Crippen molar-refractivity contribution in [2.45, 2.75) is 13.1 Å². The van der Waals surface area contributed by atoms with Crippen molar-refractivity contribution < 1.29 is 9.85 Å². The molecule has 8 nitrogen and oxygen atoms in total. The predicted octanol–water partition coefficient (Wildman–Crippen LogP) is 4.38. The molecule has 0 amide bonds. The van der Waals surface area contributed by atoms with Gasteiger partial charge < -0.3 is 9.80 Å². The van der Waals surface area contributed by atoms with Crippen LogP contribution in [0.5, 0.6) is 0 Å². The van der Waals surface area contributed by atoms with Crippen LogP contribution in [0.15, 0.2) is 58.8 Å². The van der Waals surface area contributed by atoms with Crippen LogP contribution < -0.4 is 0 Å². The van der Waals surface area contributed by atoms with E-state index in [1.54, 1.807) is 24.3 Å². The third-order valence-electron chi connectivity index (χ3n) is 4.11. The van der Waals surface area contributed by atoms with Crippen LogP contribution in [0.1, 0.15) is 11.1 Å². The monoisotopic (exact) mass is 408 g/mol. The molecule has 10 heteroatoms. The highest BCUT2D eigenvalue weighted by Gasteiger charge is 2.27. The molecule has 0 aliphatic carbocycles. The zero-order valence-corrected chi connectivity index (χ0v) is 15.4. The fraction of sp³-hybridized carbons (Fsp3) is 0.176. The van der Waals surface area contributed by atoms with Gasteiger partial charge in [-0.2, -0.15) is 0 Å². The summed E-state index contributed by atoms with van der Waals surface area (Å²) >= 11 is 12.6. The largest absolute Gasteiger partial charge is 0.338 e. The minimum Gasteiger partial charge on any atom is -0.338 e. The highest BCUT2D eigenvalue weighted by molar-refractivity contribution is 6.38. The highest BCUT2D eigenvalue weighted by Crippen LogP contribution is 2.32. The van der Waals surface area contributed by atoms with E-state index in [9.17, 15) is 20.2 Å². The van der Waals surface area contributed by atoms with Gasteiger partial charge in [0.25, 0.3) is 11.4 Å². The smallest absolute Gasteiger partial charge is 0.269 e.